The SMILES string of the molecule is CC(C)c1c(N)nnn1Cc1cc(F)cc(Br)c1. The molecule has 0 aliphatic heterocycles. The summed E-state index contributed by atoms with van der Waals surface area (Å²) in [6.45, 7) is 4.49. The van der Waals surface area contributed by atoms with Crippen molar-refractivity contribution in [1.82, 2.24) is 15.0 Å². The molecule has 96 valence electrons. The minimum absolute atomic E-state index is 0.219. The van der Waals surface area contributed by atoms with Gasteiger partial charge >= 0.3 is 0 Å². The van der Waals surface area contributed by atoms with Gasteiger partial charge in [0.2, 0.25) is 0 Å². The van der Waals surface area contributed by atoms with Gasteiger partial charge in [-0.05, 0) is 29.7 Å². The average molecular weight is 313 g/mol. The lowest BCUT2D eigenvalue weighted by atomic mass is 10.1. The van der Waals surface area contributed by atoms with Gasteiger partial charge in [-0.2, -0.15) is 0 Å². The van der Waals surface area contributed by atoms with Gasteiger partial charge in [0.25, 0.3) is 0 Å². The standard InChI is InChI=1S/C12H14BrFN4/c1-7(2)11-12(15)16-17-18(11)6-8-3-9(13)5-10(14)4-8/h3-5,7H,6,15H2,1-2H3. The molecule has 1 aromatic carbocycles. The van der Waals surface area contributed by atoms with Crippen LogP contribution in [0.2, 0.25) is 0 Å². The summed E-state index contributed by atoms with van der Waals surface area (Å²) < 4.78 is 15.7. The van der Waals surface area contributed by atoms with Gasteiger partial charge in [-0.25, -0.2) is 9.07 Å². The fourth-order valence-electron chi connectivity index (χ4n) is 1.92. The predicted octanol–water partition coefficient (Wildman–Crippen LogP) is 2.93. The van der Waals surface area contributed by atoms with E-state index in [2.05, 4.69) is 26.2 Å². The van der Waals surface area contributed by atoms with Gasteiger partial charge in [0.05, 0.1) is 12.2 Å². The molecule has 0 saturated carbocycles. The Labute approximate surface area is 113 Å². The number of benzene rings is 1. The molecule has 0 amide bonds. The number of nitrogens with two attached hydrogens (primary N) is 1. The number of rotatable bonds is 3. The first-order valence-electron chi connectivity index (χ1n) is 5.61. The lowest BCUT2D eigenvalue weighted by molar-refractivity contribution is 0.588. The maximum atomic E-state index is 13.3. The van der Waals surface area contributed by atoms with Crippen molar-refractivity contribution in [2.45, 2.75) is 26.3 Å². The second kappa shape index (κ2) is 5.06. The summed E-state index contributed by atoms with van der Waals surface area (Å²) in [6.07, 6.45) is 0. The van der Waals surface area contributed by atoms with Crippen molar-refractivity contribution >= 4 is 21.7 Å². The van der Waals surface area contributed by atoms with Crippen LogP contribution in [0.15, 0.2) is 22.7 Å². The highest BCUT2D eigenvalue weighted by Crippen LogP contribution is 2.21. The molecule has 2 N–H and O–H groups in total. The third-order valence-corrected chi connectivity index (χ3v) is 3.06. The molecular formula is C12H14BrFN4. The van der Waals surface area contributed by atoms with Crippen LogP contribution in [0.1, 0.15) is 31.0 Å². The molecule has 6 heteroatoms. The Kier molecular flexibility index (Phi) is 3.65. The van der Waals surface area contributed by atoms with Crippen LogP contribution in [0.4, 0.5) is 10.2 Å². The Hall–Kier alpha value is -1.43. The molecular weight excluding hydrogens is 299 g/mol. The molecule has 2 rings (SSSR count). The lowest BCUT2D eigenvalue weighted by Gasteiger charge is -2.10. The van der Waals surface area contributed by atoms with Crippen molar-refractivity contribution < 1.29 is 4.39 Å². The molecule has 0 unspecified atom stereocenters. The first-order chi connectivity index (χ1) is 8.47. The van der Waals surface area contributed by atoms with E-state index < -0.39 is 0 Å². The Bertz CT molecular complexity index is 545. The van der Waals surface area contributed by atoms with Gasteiger partial charge in [-0.1, -0.05) is 35.0 Å². The number of aromatic nitrogens is 3. The monoisotopic (exact) mass is 312 g/mol. The second-order valence-corrected chi connectivity index (χ2v) is 5.37. The summed E-state index contributed by atoms with van der Waals surface area (Å²) in [5.41, 5.74) is 7.46. The normalized spacial score (nSPS) is 11.2. The van der Waals surface area contributed by atoms with Crippen molar-refractivity contribution in [3.8, 4) is 0 Å². The summed E-state index contributed by atoms with van der Waals surface area (Å²) in [4.78, 5) is 0. The van der Waals surface area contributed by atoms with Gasteiger partial charge in [-0.15, -0.1) is 5.10 Å². The van der Waals surface area contributed by atoms with Gasteiger partial charge in [-0.3, -0.25) is 0 Å². The highest BCUT2D eigenvalue weighted by atomic mass is 79.9. The summed E-state index contributed by atoms with van der Waals surface area (Å²) >= 11 is 3.27. The fourth-order valence-corrected chi connectivity index (χ4v) is 2.43. The fraction of sp³-hybridized carbons (Fsp3) is 0.333. The van der Waals surface area contributed by atoms with Crippen LogP contribution in [0.5, 0.6) is 0 Å². The van der Waals surface area contributed by atoms with Crippen molar-refractivity contribution in [3.05, 3.63) is 39.7 Å². The topological polar surface area (TPSA) is 56.7 Å². The maximum Gasteiger partial charge on any atom is 0.169 e. The van der Waals surface area contributed by atoms with E-state index in [0.717, 1.165) is 11.3 Å². The summed E-state index contributed by atoms with van der Waals surface area (Å²) in [5.74, 6) is 0.371. The third kappa shape index (κ3) is 2.69. The Morgan fingerprint density at radius 2 is 2.11 bits per heavy atom. The van der Waals surface area contributed by atoms with E-state index in [1.165, 1.54) is 12.1 Å². The molecule has 0 atom stereocenters. The van der Waals surface area contributed by atoms with Crippen molar-refractivity contribution in [1.29, 1.82) is 0 Å². The minimum atomic E-state index is -0.279. The number of nitrogen functional groups attached to an aromatic ring is 1. The largest absolute Gasteiger partial charge is 0.381 e. The van der Waals surface area contributed by atoms with Crippen LogP contribution in [0.3, 0.4) is 0 Å². The van der Waals surface area contributed by atoms with Gasteiger partial charge in [0.1, 0.15) is 5.82 Å². The zero-order chi connectivity index (χ0) is 13.3. The highest BCUT2D eigenvalue weighted by molar-refractivity contribution is 9.10. The molecule has 18 heavy (non-hydrogen) atoms. The average Bonchev–Trinajstić information content (AvgIpc) is 2.57. The molecule has 1 heterocycles. The quantitative estimate of drug-likeness (QED) is 0.948. The smallest absolute Gasteiger partial charge is 0.169 e. The molecule has 0 spiro atoms. The Balaban J connectivity index is 2.34. The van der Waals surface area contributed by atoms with Crippen LogP contribution in [-0.4, -0.2) is 15.0 Å². The summed E-state index contributed by atoms with van der Waals surface area (Å²) in [7, 11) is 0. The van der Waals surface area contributed by atoms with Crippen LogP contribution in [0.25, 0.3) is 0 Å². The molecule has 0 saturated heterocycles. The number of halogens is 2. The Morgan fingerprint density at radius 1 is 1.39 bits per heavy atom. The van der Waals surface area contributed by atoms with Gasteiger partial charge in [0, 0.05) is 4.47 Å². The molecule has 4 nitrogen and oxygen atoms in total. The van der Waals surface area contributed by atoms with E-state index in [9.17, 15) is 4.39 Å². The van der Waals surface area contributed by atoms with Crippen LogP contribution >= 0.6 is 15.9 Å². The number of hydrogen-bond donors (Lipinski definition) is 1. The molecule has 0 aliphatic carbocycles. The second-order valence-electron chi connectivity index (χ2n) is 4.45. The zero-order valence-electron chi connectivity index (χ0n) is 10.2. The van der Waals surface area contributed by atoms with E-state index >= 15 is 0 Å². The van der Waals surface area contributed by atoms with Crippen molar-refractivity contribution in [2.75, 3.05) is 5.73 Å². The van der Waals surface area contributed by atoms with E-state index in [1.807, 2.05) is 19.9 Å². The predicted molar refractivity (Wildman–Crippen MR) is 71.7 cm³/mol. The lowest BCUT2D eigenvalue weighted by Crippen LogP contribution is -2.09. The van der Waals surface area contributed by atoms with Crippen LogP contribution in [0, 0.1) is 5.82 Å². The Morgan fingerprint density at radius 3 is 2.72 bits per heavy atom. The molecule has 1 aromatic heterocycles. The van der Waals surface area contributed by atoms with Crippen LogP contribution in [-0.2, 0) is 6.54 Å². The van der Waals surface area contributed by atoms with E-state index in [1.54, 1.807) is 4.68 Å². The first kappa shape index (κ1) is 13.0. The van der Waals surface area contributed by atoms with Crippen LogP contribution < -0.4 is 5.73 Å². The molecule has 0 bridgehead atoms. The third-order valence-electron chi connectivity index (χ3n) is 2.60. The van der Waals surface area contributed by atoms with E-state index in [-0.39, 0.29) is 11.7 Å². The van der Waals surface area contributed by atoms with Crippen molar-refractivity contribution in [2.24, 2.45) is 0 Å². The highest BCUT2D eigenvalue weighted by Gasteiger charge is 2.14. The number of nitrogens with zero attached hydrogens (tertiary/aromatic N) is 3. The van der Waals surface area contributed by atoms with Gasteiger partial charge in [0.15, 0.2) is 5.82 Å². The van der Waals surface area contributed by atoms with E-state index in [4.69, 9.17) is 5.73 Å². The minimum Gasteiger partial charge on any atom is -0.381 e. The van der Waals surface area contributed by atoms with Crippen molar-refractivity contribution in [3.63, 3.8) is 0 Å². The summed E-state index contributed by atoms with van der Waals surface area (Å²) in [5, 5.41) is 7.86. The first-order valence-corrected chi connectivity index (χ1v) is 6.40. The number of hydrogen-bond acceptors (Lipinski definition) is 3. The summed E-state index contributed by atoms with van der Waals surface area (Å²) in [6, 6.07) is 4.75. The van der Waals surface area contributed by atoms with E-state index in [0.29, 0.717) is 16.8 Å². The zero-order valence-corrected chi connectivity index (χ0v) is 11.8. The molecule has 0 fully saturated rings. The molecule has 0 radical (unpaired) electrons. The maximum absolute atomic E-state index is 13.3. The van der Waals surface area contributed by atoms with Gasteiger partial charge < -0.3 is 5.73 Å². The molecule has 0 aliphatic rings. The number of anilines is 1. The molecule has 2 aromatic rings.